The number of carbonyl (C=O) groups is 4. The monoisotopic (exact) mass is 397 g/mol. The fourth-order valence-corrected chi connectivity index (χ4v) is 3.21. The SMILES string of the molecule is CC(C(=O)NCCNC(=O)c1ccccc1S)N1C(=O)c2ccccc2C1=O. The molecule has 1 heterocycles. The lowest BCUT2D eigenvalue weighted by atomic mass is 10.1. The number of benzene rings is 2. The topological polar surface area (TPSA) is 95.6 Å². The van der Waals surface area contributed by atoms with Crippen LogP contribution in [0.25, 0.3) is 0 Å². The number of nitrogens with one attached hydrogen (secondary N) is 2. The van der Waals surface area contributed by atoms with Crippen molar-refractivity contribution in [2.45, 2.75) is 17.9 Å². The predicted octanol–water partition coefficient (Wildman–Crippen LogP) is 1.51. The van der Waals surface area contributed by atoms with Gasteiger partial charge in [0.15, 0.2) is 0 Å². The predicted molar refractivity (Wildman–Crippen MR) is 105 cm³/mol. The van der Waals surface area contributed by atoms with Crippen molar-refractivity contribution in [2.75, 3.05) is 13.1 Å². The normalized spacial score (nSPS) is 13.9. The van der Waals surface area contributed by atoms with Gasteiger partial charge in [0.05, 0.1) is 16.7 Å². The van der Waals surface area contributed by atoms with E-state index in [2.05, 4.69) is 23.3 Å². The van der Waals surface area contributed by atoms with Crippen LogP contribution in [-0.4, -0.2) is 47.7 Å². The number of carbonyl (C=O) groups excluding carboxylic acids is 4. The van der Waals surface area contributed by atoms with Crippen LogP contribution in [0.4, 0.5) is 0 Å². The van der Waals surface area contributed by atoms with Crippen LogP contribution in [0.2, 0.25) is 0 Å². The molecular weight excluding hydrogens is 378 g/mol. The Hall–Kier alpha value is -3.13. The van der Waals surface area contributed by atoms with Crippen LogP contribution in [0, 0.1) is 0 Å². The molecule has 0 aromatic heterocycles. The quantitative estimate of drug-likeness (QED) is 0.391. The highest BCUT2D eigenvalue weighted by molar-refractivity contribution is 7.80. The molecule has 4 amide bonds. The molecule has 1 atom stereocenters. The number of imide groups is 1. The lowest BCUT2D eigenvalue weighted by Gasteiger charge is -2.21. The summed E-state index contributed by atoms with van der Waals surface area (Å²) in [6, 6.07) is 12.4. The molecular formula is C20H19N3O4S. The molecule has 0 aliphatic carbocycles. The standard InChI is InChI=1S/C20H19N3O4S/c1-12(23-19(26)13-6-2-3-7-14(13)20(23)27)17(24)21-10-11-22-18(25)15-8-4-5-9-16(15)28/h2-9,12,28H,10-11H2,1H3,(H,21,24)(H,22,25). The van der Waals surface area contributed by atoms with Gasteiger partial charge < -0.3 is 10.6 Å². The van der Waals surface area contributed by atoms with Gasteiger partial charge in [-0.25, -0.2) is 0 Å². The van der Waals surface area contributed by atoms with Crippen molar-refractivity contribution in [3.63, 3.8) is 0 Å². The summed E-state index contributed by atoms with van der Waals surface area (Å²) < 4.78 is 0. The van der Waals surface area contributed by atoms with E-state index in [1.807, 2.05) is 0 Å². The minimum absolute atomic E-state index is 0.160. The van der Waals surface area contributed by atoms with E-state index in [9.17, 15) is 19.2 Å². The van der Waals surface area contributed by atoms with Crippen molar-refractivity contribution in [1.82, 2.24) is 15.5 Å². The molecule has 0 fully saturated rings. The summed E-state index contributed by atoms with van der Waals surface area (Å²) in [5, 5.41) is 5.32. The van der Waals surface area contributed by atoms with Gasteiger partial charge in [0.25, 0.3) is 17.7 Å². The zero-order valence-corrected chi connectivity index (χ0v) is 16.0. The van der Waals surface area contributed by atoms with Crippen molar-refractivity contribution in [1.29, 1.82) is 0 Å². The van der Waals surface area contributed by atoms with Crippen LogP contribution in [0.3, 0.4) is 0 Å². The largest absolute Gasteiger partial charge is 0.353 e. The van der Waals surface area contributed by atoms with E-state index in [1.54, 1.807) is 48.5 Å². The second-order valence-corrected chi connectivity index (χ2v) is 6.75. The van der Waals surface area contributed by atoms with Crippen LogP contribution in [-0.2, 0) is 4.79 Å². The fraction of sp³-hybridized carbons (Fsp3) is 0.200. The highest BCUT2D eigenvalue weighted by Crippen LogP contribution is 2.24. The molecule has 7 nitrogen and oxygen atoms in total. The molecule has 144 valence electrons. The van der Waals surface area contributed by atoms with E-state index in [4.69, 9.17) is 0 Å². The van der Waals surface area contributed by atoms with Gasteiger partial charge >= 0.3 is 0 Å². The molecule has 1 aliphatic rings. The zero-order valence-electron chi connectivity index (χ0n) is 15.1. The van der Waals surface area contributed by atoms with Crippen molar-refractivity contribution < 1.29 is 19.2 Å². The first-order valence-electron chi connectivity index (χ1n) is 8.72. The molecule has 1 unspecified atom stereocenters. The first-order valence-corrected chi connectivity index (χ1v) is 9.17. The molecule has 2 aromatic carbocycles. The molecule has 0 spiro atoms. The number of hydrogen-bond donors (Lipinski definition) is 3. The fourth-order valence-electron chi connectivity index (χ4n) is 2.95. The molecule has 0 saturated carbocycles. The van der Waals surface area contributed by atoms with Crippen molar-refractivity contribution in [2.24, 2.45) is 0 Å². The van der Waals surface area contributed by atoms with Crippen molar-refractivity contribution in [3.05, 3.63) is 65.2 Å². The number of rotatable bonds is 6. The Morgan fingerprint density at radius 3 is 2.07 bits per heavy atom. The van der Waals surface area contributed by atoms with Gasteiger partial charge in [-0.2, -0.15) is 0 Å². The minimum atomic E-state index is -0.957. The summed E-state index contributed by atoms with van der Waals surface area (Å²) in [5.41, 5.74) is 1.03. The number of hydrogen-bond acceptors (Lipinski definition) is 5. The first-order chi connectivity index (χ1) is 13.4. The van der Waals surface area contributed by atoms with Crippen LogP contribution >= 0.6 is 12.6 Å². The molecule has 2 aromatic rings. The van der Waals surface area contributed by atoms with Gasteiger partial charge in [-0.1, -0.05) is 24.3 Å². The lowest BCUT2D eigenvalue weighted by molar-refractivity contribution is -0.124. The molecule has 2 N–H and O–H groups in total. The maximum absolute atomic E-state index is 12.4. The van der Waals surface area contributed by atoms with Gasteiger partial charge in [0.1, 0.15) is 6.04 Å². The van der Waals surface area contributed by atoms with E-state index >= 15 is 0 Å². The summed E-state index contributed by atoms with van der Waals surface area (Å²) in [4.78, 5) is 50.8. The third-order valence-corrected chi connectivity index (χ3v) is 4.84. The summed E-state index contributed by atoms with van der Waals surface area (Å²) in [6.45, 7) is 1.85. The average molecular weight is 397 g/mol. The molecule has 28 heavy (non-hydrogen) atoms. The van der Waals surface area contributed by atoms with Gasteiger partial charge in [-0.3, -0.25) is 24.1 Å². The molecule has 0 bridgehead atoms. The van der Waals surface area contributed by atoms with Gasteiger partial charge in [0.2, 0.25) is 5.91 Å². The third-order valence-electron chi connectivity index (χ3n) is 4.45. The highest BCUT2D eigenvalue weighted by atomic mass is 32.1. The van der Waals surface area contributed by atoms with E-state index in [1.165, 1.54) is 6.92 Å². The smallest absolute Gasteiger partial charge is 0.262 e. The zero-order chi connectivity index (χ0) is 20.3. The summed E-state index contributed by atoms with van der Waals surface area (Å²) in [6.07, 6.45) is 0. The Balaban J connectivity index is 1.52. The maximum atomic E-state index is 12.4. The molecule has 0 radical (unpaired) electrons. The Kier molecular flexibility index (Phi) is 5.79. The molecule has 8 heteroatoms. The van der Waals surface area contributed by atoms with Gasteiger partial charge in [-0.05, 0) is 31.2 Å². The van der Waals surface area contributed by atoms with Crippen LogP contribution in [0.5, 0.6) is 0 Å². The first kappa shape index (κ1) is 19.6. The van der Waals surface area contributed by atoms with Crippen molar-refractivity contribution >= 4 is 36.3 Å². The van der Waals surface area contributed by atoms with Gasteiger partial charge in [0, 0.05) is 18.0 Å². The second kappa shape index (κ2) is 8.26. The van der Waals surface area contributed by atoms with E-state index in [0.717, 1.165) is 4.90 Å². The molecule has 1 aliphatic heterocycles. The van der Waals surface area contributed by atoms with Gasteiger partial charge in [-0.15, -0.1) is 12.6 Å². The Morgan fingerprint density at radius 1 is 0.929 bits per heavy atom. The minimum Gasteiger partial charge on any atom is -0.353 e. The Bertz CT molecular complexity index is 925. The molecule has 0 saturated heterocycles. The lowest BCUT2D eigenvalue weighted by Crippen LogP contribution is -2.49. The Morgan fingerprint density at radius 2 is 1.46 bits per heavy atom. The number of fused-ring (bicyclic) bond motifs is 1. The van der Waals surface area contributed by atoms with E-state index in [0.29, 0.717) is 21.6 Å². The summed E-state index contributed by atoms with van der Waals surface area (Å²) in [5.74, 6) is -1.74. The highest BCUT2D eigenvalue weighted by Gasteiger charge is 2.40. The summed E-state index contributed by atoms with van der Waals surface area (Å²) >= 11 is 4.23. The second-order valence-electron chi connectivity index (χ2n) is 6.27. The Labute approximate surface area is 167 Å². The number of nitrogens with zero attached hydrogens (tertiary/aromatic N) is 1. The van der Waals surface area contributed by atoms with E-state index < -0.39 is 23.8 Å². The number of thiol groups is 1. The summed E-state index contributed by atoms with van der Waals surface area (Å²) in [7, 11) is 0. The molecule has 3 rings (SSSR count). The average Bonchev–Trinajstić information content (AvgIpc) is 2.95. The van der Waals surface area contributed by atoms with Crippen molar-refractivity contribution in [3.8, 4) is 0 Å². The maximum Gasteiger partial charge on any atom is 0.262 e. The third kappa shape index (κ3) is 3.77. The number of amides is 4. The van der Waals surface area contributed by atoms with Crippen LogP contribution in [0.15, 0.2) is 53.4 Å². The van der Waals surface area contributed by atoms with Crippen LogP contribution in [0.1, 0.15) is 38.0 Å². The van der Waals surface area contributed by atoms with E-state index in [-0.39, 0.29) is 19.0 Å². The van der Waals surface area contributed by atoms with Crippen LogP contribution < -0.4 is 10.6 Å².